The number of methoxy groups -OCH3 is 1. The fraction of sp³-hybridized carbons (Fsp3) is 0.643. The number of rotatable bonds is 2. The molecule has 2 fully saturated rings. The highest BCUT2D eigenvalue weighted by atomic mass is 32.1. The van der Waals surface area contributed by atoms with Crippen LogP contribution in [0.2, 0.25) is 0 Å². The summed E-state index contributed by atoms with van der Waals surface area (Å²) in [6.07, 6.45) is 3.33. The Balaban J connectivity index is 1.90. The van der Waals surface area contributed by atoms with Gasteiger partial charge >= 0.3 is 0 Å². The molecule has 3 heterocycles. The Morgan fingerprint density at radius 2 is 2.21 bits per heavy atom. The van der Waals surface area contributed by atoms with Gasteiger partial charge in [-0.05, 0) is 38.8 Å². The van der Waals surface area contributed by atoms with Crippen LogP contribution in [-0.4, -0.2) is 43.1 Å². The van der Waals surface area contributed by atoms with Gasteiger partial charge in [0, 0.05) is 23.5 Å². The van der Waals surface area contributed by atoms with E-state index < -0.39 is 0 Å². The zero-order valence-corrected chi connectivity index (χ0v) is 12.3. The molecule has 0 aromatic carbocycles. The molecule has 3 rings (SSSR count). The summed E-state index contributed by atoms with van der Waals surface area (Å²) >= 11 is 1.54. The van der Waals surface area contributed by atoms with Crippen LogP contribution in [0.15, 0.2) is 6.07 Å². The number of fused-ring (bicyclic) bond motifs is 2. The second kappa shape index (κ2) is 5.13. The van der Waals surface area contributed by atoms with E-state index in [9.17, 15) is 4.79 Å². The van der Waals surface area contributed by atoms with Crippen molar-refractivity contribution >= 4 is 17.2 Å². The number of nitrogens with one attached hydrogen (secondary N) is 1. The molecule has 4 nitrogen and oxygen atoms in total. The highest BCUT2D eigenvalue weighted by Crippen LogP contribution is 2.35. The lowest BCUT2D eigenvalue weighted by Gasteiger charge is -2.27. The smallest absolute Gasteiger partial charge is 0.268 e. The van der Waals surface area contributed by atoms with E-state index in [0.717, 1.165) is 47.9 Å². The maximum Gasteiger partial charge on any atom is 0.268 e. The summed E-state index contributed by atoms with van der Waals surface area (Å²) in [6.45, 7) is 3.96. The van der Waals surface area contributed by atoms with Crippen LogP contribution in [0.25, 0.3) is 0 Å². The van der Waals surface area contributed by atoms with Crippen LogP contribution < -0.4 is 10.1 Å². The van der Waals surface area contributed by atoms with Gasteiger partial charge in [0.1, 0.15) is 10.6 Å². The van der Waals surface area contributed by atoms with E-state index in [2.05, 4.69) is 10.2 Å². The lowest BCUT2D eigenvalue weighted by Crippen LogP contribution is -2.42. The highest BCUT2D eigenvalue weighted by Gasteiger charge is 2.39. The Bertz CT molecular complexity index is 472. The predicted molar refractivity (Wildman–Crippen MR) is 76.1 cm³/mol. The molecule has 2 aliphatic heterocycles. The largest absolute Gasteiger partial charge is 0.495 e. The summed E-state index contributed by atoms with van der Waals surface area (Å²) in [7, 11) is 1.64. The zero-order chi connectivity index (χ0) is 13.4. The Morgan fingerprint density at radius 1 is 1.42 bits per heavy atom. The van der Waals surface area contributed by atoms with Gasteiger partial charge in [-0.2, -0.15) is 0 Å². The molecule has 104 valence electrons. The molecule has 0 spiro atoms. The first-order chi connectivity index (χ1) is 9.20. The monoisotopic (exact) mass is 280 g/mol. The number of ether oxygens (including phenoxy) is 1. The van der Waals surface area contributed by atoms with Crippen LogP contribution in [0.4, 0.5) is 0 Å². The second-order valence-corrected chi connectivity index (χ2v) is 6.60. The molecule has 2 saturated heterocycles. The molecular weight excluding hydrogens is 260 g/mol. The highest BCUT2D eigenvalue weighted by molar-refractivity contribution is 7.14. The first kappa shape index (κ1) is 12.9. The summed E-state index contributed by atoms with van der Waals surface area (Å²) in [4.78, 5) is 16.8. The predicted octanol–water partition coefficient (Wildman–Crippen LogP) is 2.03. The van der Waals surface area contributed by atoms with Crippen LogP contribution in [0.3, 0.4) is 0 Å². The van der Waals surface area contributed by atoms with Gasteiger partial charge in [0.25, 0.3) is 5.91 Å². The van der Waals surface area contributed by atoms with E-state index >= 15 is 0 Å². The van der Waals surface area contributed by atoms with Gasteiger partial charge in [0.2, 0.25) is 0 Å². The molecular formula is C14H20N2O2S. The molecule has 2 atom stereocenters. The van der Waals surface area contributed by atoms with Crippen LogP contribution in [0.5, 0.6) is 5.75 Å². The summed E-state index contributed by atoms with van der Waals surface area (Å²) in [6, 6.07) is 2.71. The van der Waals surface area contributed by atoms with E-state index in [1.54, 1.807) is 18.4 Å². The van der Waals surface area contributed by atoms with Crippen molar-refractivity contribution in [3.8, 4) is 5.75 Å². The Kier molecular flexibility index (Phi) is 3.50. The third-order valence-corrected chi connectivity index (χ3v) is 5.14. The van der Waals surface area contributed by atoms with Crippen molar-refractivity contribution in [2.75, 3.05) is 20.2 Å². The number of carbonyl (C=O) groups excluding carboxylic acids is 1. The van der Waals surface area contributed by atoms with Crippen LogP contribution in [0.1, 0.15) is 33.8 Å². The summed E-state index contributed by atoms with van der Waals surface area (Å²) in [5.41, 5.74) is 0. The average Bonchev–Trinajstić information content (AvgIpc) is 2.87. The first-order valence-corrected chi connectivity index (χ1v) is 7.70. The molecule has 0 radical (unpaired) electrons. The minimum atomic E-state index is 0.158. The summed E-state index contributed by atoms with van der Waals surface area (Å²) < 4.78 is 5.35. The van der Waals surface area contributed by atoms with Crippen molar-refractivity contribution in [3.63, 3.8) is 0 Å². The third kappa shape index (κ3) is 2.25. The molecule has 2 bridgehead atoms. The standard InChI is InChI=1S/C14H20N2O2S/c1-9-7-12(18-2)13(19-9)14(17)16-10-3-4-11(16)8-15-6-5-10/h7,10-11,15H,3-6,8H2,1-2H3/t10-,11+/m1/s1. The van der Waals surface area contributed by atoms with Crippen LogP contribution in [-0.2, 0) is 0 Å². The molecule has 1 amide bonds. The van der Waals surface area contributed by atoms with Crippen molar-refractivity contribution in [1.29, 1.82) is 0 Å². The Labute approximate surface area is 117 Å². The first-order valence-electron chi connectivity index (χ1n) is 6.88. The Hall–Kier alpha value is -1.07. The number of hydrogen-bond acceptors (Lipinski definition) is 4. The van der Waals surface area contributed by atoms with Crippen molar-refractivity contribution in [1.82, 2.24) is 10.2 Å². The quantitative estimate of drug-likeness (QED) is 0.901. The van der Waals surface area contributed by atoms with Crippen molar-refractivity contribution in [3.05, 3.63) is 15.8 Å². The van der Waals surface area contributed by atoms with E-state index in [-0.39, 0.29) is 5.91 Å². The Morgan fingerprint density at radius 3 is 3.00 bits per heavy atom. The SMILES string of the molecule is COc1cc(C)sc1C(=O)N1[C@H]2CCNC[C@@H]1CC2. The number of amides is 1. The third-order valence-electron chi connectivity index (χ3n) is 4.12. The second-order valence-electron chi connectivity index (χ2n) is 5.34. The minimum absolute atomic E-state index is 0.158. The molecule has 5 heteroatoms. The number of carbonyl (C=O) groups is 1. The minimum Gasteiger partial charge on any atom is -0.495 e. The van der Waals surface area contributed by atoms with Crippen LogP contribution in [0, 0.1) is 6.92 Å². The number of thiophene rings is 1. The van der Waals surface area contributed by atoms with Gasteiger partial charge in [-0.3, -0.25) is 4.79 Å². The molecule has 19 heavy (non-hydrogen) atoms. The van der Waals surface area contributed by atoms with Gasteiger partial charge in [-0.25, -0.2) is 0 Å². The van der Waals surface area contributed by atoms with Gasteiger partial charge in [0.15, 0.2) is 0 Å². The fourth-order valence-electron chi connectivity index (χ4n) is 3.22. The number of hydrogen-bond donors (Lipinski definition) is 1. The van der Waals surface area contributed by atoms with Gasteiger partial charge in [0.05, 0.1) is 7.11 Å². The molecule has 0 unspecified atom stereocenters. The normalized spacial score (nSPS) is 26.3. The van der Waals surface area contributed by atoms with Gasteiger partial charge < -0.3 is 15.0 Å². The molecule has 0 saturated carbocycles. The maximum atomic E-state index is 12.8. The number of aryl methyl sites for hydroxylation is 1. The summed E-state index contributed by atoms with van der Waals surface area (Å²) in [5.74, 6) is 0.884. The molecule has 1 N–H and O–H groups in total. The van der Waals surface area contributed by atoms with Crippen molar-refractivity contribution < 1.29 is 9.53 Å². The molecule has 2 aliphatic rings. The van der Waals surface area contributed by atoms with E-state index in [0.29, 0.717) is 12.1 Å². The topological polar surface area (TPSA) is 41.6 Å². The molecule has 1 aromatic rings. The zero-order valence-electron chi connectivity index (χ0n) is 11.4. The molecule has 0 aliphatic carbocycles. The van der Waals surface area contributed by atoms with E-state index in [1.807, 2.05) is 13.0 Å². The van der Waals surface area contributed by atoms with Crippen LogP contribution >= 0.6 is 11.3 Å². The van der Waals surface area contributed by atoms with E-state index in [1.165, 1.54) is 0 Å². The maximum absolute atomic E-state index is 12.8. The van der Waals surface area contributed by atoms with E-state index in [4.69, 9.17) is 4.74 Å². The van der Waals surface area contributed by atoms with Crippen molar-refractivity contribution in [2.24, 2.45) is 0 Å². The van der Waals surface area contributed by atoms with Gasteiger partial charge in [-0.1, -0.05) is 0 Å². The van der Waals surface area contributed by atoms with Gasteiger partial charge in [-0.15, -0.1) is 11.3 Å². The average molecular weight is 280 g/mol. The summed E-state index contributed by atoms with van der Waals surface area (Å²) in [5, 5.41) is 3.43. The van der Waals surface area contributed by atoms with Crippen molar-refractivity contribution in [2.45, 2.75) is 38.3 Å². The fourth-order valence-corrected chi connectivity index (χ4v) is 4.15. The molecule has 1 aromatic heterocycles. The lowest BCUT2D eigenvalue weighted by atomic mass is 10.1. The number of nitrogens with zero attached hydrogens (tertiary/aromatic N) is 1. The lowest BCUT2D eigenvalue weighted by molar-refractivity contribution is 0.0682.